The maximum Gasteiger partial charge on any atom is 0.0587 e. The first-order valence-electron chi connectivity index (χ1n) is 5.69. The fourth-order valence-corrected chi connectivity index (χ4v) is 1.47. The van der Waals surface area contributed by atoms with Crippen molar-refractivity contribution in [3.8, 4) is 0 Å². The molecule has 1 unspecified atom stereocenters. The Bertz CT molecular complexity index is 120. The van der Waals surface area contributed by atoms with Crippen molar-refractivity contribution in [2.45, 2.75) is 33.2 Å². The first-order chi connectivity index (χ1) is 6.76. The second kappa shape index (κ2) is 9.44. The average Bonchev–Trinajstić information content (AvgIpc) is 2.22. The van der Waals surface area contributed by atoms with E-state index in [1.165, 1.54) is 6.42 Å². The van der Waals surface area contributed by atoms with Gasteiger partial charge >= 0.3 is 0 Å². The topological polar surface area (TPSA) is 24.5 Å². The number of hydrogen-bond acceptors (Lipinski definition) is 3. The number of nitrogens with one attached hydrogen (secondary N) is 1. The van der Waals surface area contributed by atoms with Gasteiger partial charge in [-0.2, -0.15) is 0 Å². The van der Waals surface area contributed by atoms with Gasteiger partial charge < -0.3 is 10.1 Å². The molecule has 0 fully saturated rings. The quantitative estimate of drug-likeness (QED) is 0.571. The van der Waals surface area contributed by atoms with Gasteiger partial charge in [0.2, 0.25) is 0 Å². The Morgan fingerprint density at radius 2 is 2.00 bits per heavy atom. The lowest BCUT2D eigenvalue weighted by Crippen LogP contribution is -2.38. The molecule has 3 nitrogen and oxygen atoms in total. The molecule has 0 aromatic heterocycles. The van der Waals surface area contributed by atoms with Gasteiger partial charge in [-0.15, -0.1) is 0 Å². The van der Waals surface area contributed by atoms with Crippen molar-refractivity contribution in [2.24, 2.45) is 0 Å². The highest BCUT2D eigenvalue weighted by Crippen LogP contribution is 2.01. The van der Waals surface area contributed by atoms with Gasteiger partial charge in [0, 0.05) is 32.8 Å². The summed E-state index contributed by atoms with van der Waals surface area (Å²) in [5.41, 5.74) is 0. The number of ether oxygens (including phenoxy) is 1. The molecule has 0 rings (SSSR count). The van der Waals surface area contributed by atoms with Crippen molar-refractivity contribution >= 4 is 0 Å². The molecule has 0 bridgehead atoms. The Hall–Kier alpha value is -0.120. The molecule has 0 heterocycles. The van der Waals surface area contributed by atoms with Crippen molar-refractivity contribution in [1.29, 1.82) is 0 Å². The highest BCUT2D eigenvalue weighted by molar-refractivity contribution is 4.65. The van der Waals surface area contributed by atoms with E-state index >= 15 is 0 Å². The summed E-state index contributed by atoms with van der Waals surface area (Å²) in [6.45, 7) is 11.8. The molecular formula is C11H26N2O. The molecule has 0 spiro atoms. The van der Waals surface area contributed by atoms with E-state index in [9.17, 15) is 0 Å². The molecule has 86 valence electrons. The minimum absolute atomic E-state index is 0.698. The van der Waals surface area contributed by atoms with E-state index in [4.69, 9.17) is 4.74 Å². The standard InChI is InChI=1S/C11H26N2O/c1-5-11(3)13(6-2)9-7-12-8-10-14-4/h11-12H,5-10H2,1-4H3. The van der Waals surface area contributed by atoms with E-state index in [1.807, 2.05) is 0 Å². The lowest BCUT2D eigenvalue weighted by Gasteiger charge is -2.26. The first kappa shape index (κ1) is 13.9. The average molecular weight is 202 g/mol. The molecule has 0 aliphatic rings. The van der Waals surface area contributed by atoms with Crippen LogP contribution < -0.4 is 5.32 Å². The zero-order valence-corrected chi connectivity index (χ0v) is 10.2. The van der Waals surface area contributed by atoms with Gasteiger partial charge in [-0.3, -0.25) is 4.90 Å². The van der Waals surface area contributed by atoms with Gasteiger partial charge in [0.05, 0.1) is 6.61 Å². The van der Waals surface area contributed by atoms with Crippen LogP contribution in [0.1, 0.15) is 27.2 Å². The zero-order chi connectivity index (χ0) is 10.8. The summed E-state index contributed by atoms with van der Waals surface area (Å²) in [6.07, 6.45) is 1.23. The highest BCUT2D eigenvalue weighted by atomic mass is 16.5. The molecule has 0 amide bonds. The number of rotatable bonds is 9. The van der Waals surface area contributed by atoms with Crippen molar-refractivity contribution in [2.75, 3.05) is 39.9 Å². The van der Waals surface area contributed by atoms with Crippen molar-refractivity contribution in [3.63, 3.8) is 0 Å². The number of hydrogen-bond donors (Lipinski definition) is 1. The lowest BCUT2D eigenvalue weighted by molar-refractivity contribution is 0.190. The minimum Gasteiger partial charge on any atom is -0.383 e. The van der Waals surface area contributed by atoms with Crippen LogP contribution in [0.3, 0.4) is 0 Å². The molecule has 14 heavy (non-hydrogen) atoms. The molecule has 0 aromatic carbocycles. The van der Waals surface area contributed by atoms with Crippen LogP contribution >= 0.6 is 0 Å². The molecule has 1 atom stereocenters. The van der Waals surface area contributed by atoms with Crippen LogP contribution in [0.15, 0.2) is 0 Å². The summed E-state index contributed by atoms with van der Waals surface area (Å²) in [5, 5.41) is 3.36. The largest absolute Gasteiger partial charge is 0.383 e. The SMILES string of the molecule is CCC(C)N(CC)CCNCCOC. The lowest BCUT2D eigenvalue weighted by atomic mass is 10.2. The Balaban J connectivity index is 3.42. The second-order valence-corrected chi connectivity index (χ2v) is 3.63. The molecule has 0 aromatic rings. The smallest absolute Gasteiger partial charge is 0.0587 e. The van der Waals surface area contributed by atoms with Crippen LogP contribution in [-0.2, 0) is 4.74 Å². The molecular weight excluding hydrogens is 176 g/mol. The summed E-state index contributed by atoms with van der Waals surface area (Å²) in [7, 11) is 1.74. The van der Waals surface area contributed by atoms with Crippen molar-refractivity contribution < 1.29 is 4.74 Å². The van der Waals surface area contributed by atoms with Gasteiger partial charge in [0.1, 0.15) is 0 Å². The van der Waals surface area contributed by atoms with E-state index in [2.05, 4.69) is 31.0 Å². The fourth-order valence-electron chi connectivity index (χ4n) is 1.47. The van der Waals surface area contributed by atoms with Crippen LogP contribution in [0.5, 0.6) is 0 Å². The van der Waals surface area contributed by atoms with Gasteiger partial charge in [-0.05, 0) is 19.9 Å². The molecule has 3 heteroatoms. The number of likely N-dealkylation sites (N-methyl/N-ethyl adjacent to an activating group) is 1. The fraction of sp³-hybridized carbons (Fsp3) is 1.00. The Morgan fingerprint density at radius 1 is 1.29 bits per heavy atom. The third kappa shape index (κ3) is 6.35. The molecule has 0 saturated heterocycles. The van der Waals surface area contributed by atoms with E-state index in [0.29, 0.717) is 6.04 Å². The summed E-state index contributed by atoms with van der Waals surface area (Å²) >= 11 is 0. The van der Waals surface area contributed by atoms with E-state index in [1.54, 1.807) is 7.11 Å². The van der Waals surface area contributed by atoms with Crippen molar-refractivity contribution in [1.82, 2.24) is 10.2 Å². The molecule has 0 aliphatic heterocycles. The van der Waals surface area contributed by atoms with Crippen LogP contribution in [0.25, 0.3) is 0 Å². The predicted molar refractivity (Wildman–Crippen MR) is 61.7 cm³/mol. The van der Waals surface area contributed by atoms with Gasteiger partial charge in [0.25, 0.3) is 0 Å². The molecule has 0 radical (unpaired) electrons. The third-order valence-electron chi connectivity index (χ3n) is 2.68. The molecule has 0 saturated carbocycles. The maximum atomic E-state index is 4.97. The van der Waals surface area contributed by atoms with Crippen LogP contribution in [-0.4, -0.2) is 50.8 Å². The zero-order valence-electron chi connectivity index (χ0n) is 10.2. The summed E-state index contributed by atoms with van der Waals surface area (Å²) in [6, 6.07) is 0.698. The predicted octanol–water partition coefficient (Wildman–Crippen LogP) is 1.34. The monoisotopic (exact) mass is 202 g/mol. The first-order valence-corrected chi connectivity index (χ1v) is 5.69. The van der Waals surface area contributed by atoms with Gasteiger partial charge in [-0.25, -0.2) is 0 Å². The van der Waals surface area contributed by atoms with E-state index in [0.717, 1.165) is 32.8 Å². The van der Waals surface area contributed by atoms with Crippen LogP contribution in [0.4, 0.5) is 0 Å². The van der Waals surface area contributed by atoms with Crippen molar-refractivity contribution in [3.05, 3.63) is 0 Å². The summed E-state index contributed by atoms with van der Waals surface area (Å²) < 4.78 is 4.97. The summed E-state index contributed by atoms with van der Waals surface area (Å²) in [5.74, 6) is 0. The van der Waals surface area contributed by atoms with Crippen LogP contribution in [0.2, 0.25) is 0 Å². The highest BCUT2D eigenvalue weighted by Gasteiger charge is 2.08. The second-order valence-electron chi connectivity index (χ2n) is 3.63. The number of methoxy groups -OCH3 is 1. The van der Waals surface area contributed by atoms with Crippen LogP contribution in [0, 0.1) is 0 Å². The molecule has 0 aliphatic carbocycles. The normalized spacial score (nSPS) is 13.5. The van der Waals surface area contributed by atoms with Gasteiger partial charge in [-0.1, -0.05) is 13.8 Å². The Kier molecular flexibility index (Phi) is 9.35. The maximum absolute atomic E-state index is 4.97. The minimum atomic E-state index is 0.698. The Morgan fingerprint density at radius 3 is 2.50 bits per heavy atom. The number of nitrogens with zero attached hydrogens (tertiary/aromatic N) is 1. The molecule has 1 N–H and O–H groups in total. The summed E-state index contributed by atoms with van der Waals surface area (Å²) in [4.78, 5) is 2.50. The third-order valence-corrected chi connectivity index (χ3v) is 2.68. The van der Waals surface area contributed by atoms with Gasteiger partial charge in [0.15, 0.2) is 0 Å². The van der Waals surface area contributed by atoms with E-state index < -0.39 is 0 Å². The van der Waals surface area contributed by atoms with E-state index in [-0.39, 0.29) is 0 Å². The Labute approximate surface area is 88.8 Å².